The van der Waals surface area contributed by atoms with Gasteiger partial charge in [0.25, 0.3) is 0 Å². The molecule has 0 bridgehead atoms. The average Bonchev–Trinajstić information content (AvgIpc) is 3.07. The molecule has 0 unspecified atom stereocenters. The maximum Gasteiger partial charge on any atom is 0.135 e. The third-order valence-corrected chi connectivity index (χ3v) is 3.79. The lowest BCUT2D eigenvalue weighted by molar-refractivity contribution is -0.120. The van der Waals surface area contributed by atoms with Gasteiger partial charge in [-0.3, -0.25) is 4.79 Å². The van der Waals surface area contributed by atoms with Crippen molar-refractivity contribution in [2.24, 2.45) is 5.92 Å². The number of halogens is 2. The van der Waals surface area contributed by atoms with E-state index in [0.717, 1.165) is 31.2 Å². The van der Waals surface area contributed by atoms with Crippen molar-refractivity contribution in [1.29, 1.82) is 0 Å². The first-order valence-corrected chi connectivity index (χ1v) is 6.39. The predicted molar refractivity (Wildman–Crippen MR) is 67.1 cm³/mol. The highest BCUT2D eigenvalue weighted by Gasteiger charge is 2.28. The van der Waals surface area contributed by atoms with Crippen molar-refractivity contribution in [1.82, 2.24) is 0 Å². The highest BCUT2D eigenvalue weighted by molar-refractivity contribution is 6.42. The summed E-state index contributed by atoms with van der Waals surface area (Å²) >= 11 is 12.0. The maximum atomic E-state index is 11.5. The molecule has 1 aliphatic carbocycles. The number of aryl methyl sites for hydroxylation is 1. The summed E-state index contributed by atoms with van der Waals surface area (Å²) in [6.07, 6.45) is 4.56. The molecule has 3 heteroatoms. The average molecular weight is 257 g/mol. The van der Waals surface area contributed by atoms with Crippen LogP contribution in [0.1, 0.15) is 31.2 Å². The summed E-state index contributed by atoms with van der Waals surface area (Å²) in [6, 6.07) is 5.64. The molecule has 16 heavy (non-hydrogen) atoms. The van der Waals surface area contributed by atoms with E-state index >= 15 is 0 Å². The number of Topliss-reactive ketones (excluding diaryl/α,β-unsaturated/α-hetero) is 1. The zero-order valence-corrected chi connectivity index (χ0v) is 10.5. The van der Waals surface area contributed by atoms with E-state index in [4.69, 9.17) is 23.2 Å². The topological polar surface area (TPSA) is 17.1 Å². The molecule has 0 aromatic heterocycles. The zero-order chi connectivity index (χ0) is 11.5. The van der Waals surface area contributed by atoms with Gasteiger partial charge in [0, 0.05) is 12.3 Å². The molecular weight excluding hydrogens is 243 g/mol. The van der Waals surface area contributed by atoms with Crippen LogP contribution in [0.5, 0.6) is 0 Å². The predicted octanol–water partition coefficient (Wildman–Crippen LogP) is 4.30. The van der Waals surface area contributed by atoms with Crippen molar-refractivity contribution >= 4 is 29.0 Å². The number of carbonyl (C=O) groups excluding carboxylic acids is 1. The minimum absolute atomic E-state index is 0.370. The second-order valence-electron chi connectivity index (χ2n) is 4.31. The Kier molecular flexibility index (Phi) is 3.88. The van der Waals surface area contributed by atoms with E-state index in [2.05, 4.69) is 0 Å². The van der Waals surface area contributed by atoms with Crippen LogP contribution in [0.3, 0.4) is 0 Å². The number of ketones is 1. The molecule has 86 valence electrons. The molecule has 1 nitrogen and oxygen atoms in total. The van der Waals surface area contributed by atoms with Crippen LogP contribution in [0.15, 0.2) is 18.2 Å². The van der Waals surface area contributed by atoms with E-state index in [9.17, 15) is 4.79 Å². The molecular formula is C13H14Cl2O. The smallest absolute Gasteiger partial charge is 0.135 e. The van der Waals surface area contributed by atoms with Gasteiger partial charge in [-0.2, -0.15) is 0 Å². The van der Waals surface area contributed by atoms with Gasteiger partial charge >= 0.3 is 0 Å². The first-order valence-electron chi connectivity index (χ1n) is 5.64. The summed E-state index contributed by atoms with van der Waals surface area (Å²) in [7, 11) is 0. The van der Waals surface area contributed by atoms with Crippen LogP contribution in [0.25, 0.3) is 0 Å². The summed E-state index contributed by atoms with van der Waals surface area (Å²) < 4.78 is 0. The van der Waals surface area contributed by atoms with Gasteiger partial charge in [-0.05, 0) is 37.3 Å². The molecule has 0 aliphatic heterocycles. The second kappa shape index (κ2) is 5.20. The van der Waals surface area contributed by atoms with Crippen molar-refractivity contribution in [2.45, 2.75) is 32.1 Å². The van der Waals surface area contributed by atoms with Crippen LogP contribution in [0.2, 0.25) is 10.0 Å². The highest BCUT2D eigenvalue weighted by atomic mass is 35.5. The van der Waals surface area contributed by atoms with Crippen molar-refractivity contribution < 1.29 is 4.79 Å². The molecule has 0 atom stereocenters. The quantitative estimate of drug-likeness (QED) is 0.768. The number of carbonyl (C=O) groups is 1. The lowest BCUT2D eigenvalue weighted by Crippen LogP contribution is -2.00. The summed E-state index contributed by atoms with van der Waals surface area (Å²) in [4.78, 5) is 11.5. The largest absolute Gasteiger partial charge is 0.299 e. The van der Waals surface area contributed by atoms with E-state index in [-0.39, 0.29) is 0 Å². The Bertz CT molecular complexity index is 397. The minimum atomic E-state index is 0.370. The summed E-state index contributed by atoms with van der Waals surface area (Å²) in [5.41, 5.74) is 1.04. The lowest BCUT2D eigenvalue weighted by Gasteiger charge is -2.05. The Morgan fingerprint density at radius 2 is 2.06 bits per heavy atom. The van der Waals surface area contributed by atoms with Gasteiger partial charge in [0.05, 0.1) is 10.0 Å². The Hall–Kier alpha value is -0.530. The Morgan fingerprint density at radius 3 is 2.75 bits per heavy atom. The monoisotopic (exact) mass is 256 g/mol. The van der Waals surface area contributed by atoms with Crippen LogP contribution in [-0.2, 0) is 11.2 Å². The van der Waals surface area contributed by atoms with Crippen LogP contribution in [0.4, 0.5) is 0 Å². The zero-order valence-electron chi connectivity index (χ0n) is 9.01. The van der Waals surface area contributed by atoms with Gasteiger partial charge < -0.3 is 0 Å². The third kappa shape index (κ3) is 2.99. The van der Waals surface area contributed by atoms with Gasteiger partial charge in [-0.25, -0.2) is 0 Å². The van der Waals surface area contributed by atoms with E-state index in [1.807, 2.05) is 12.1 Å². The summed E-state index contributed by atoms with van der Waals surface area (Å²) in [6.45, 7) is 0. The molecule has 1 fully saturated rings. The number of hydrogen-bond acceptors (Lipinski definition) is 1. The molecule has 0 N–H and O–H groups in total. The van der Waals surface area contributed by atoms with Crippen molar-refractivity contribution in [2.75, 3.05) is 0 Å². The summed E-state index contributed by atoms with van der Waals surface area (Å²) in [5, 5.41) is 1.22. The van der Waals surface area contributed by atoms with Crippen LogP contribution >= 0.6 is 23.2 Å². The fraction of sp³-hybridized carbons (Fsp3) is 0.462. The van der Waals surface area contributed by atoms with E-state index in [1.54, 1.807) is 6.07 Å². The Labute approximate surface area is 106 Å². The van der Waals surface area contributed by atoms with Crippen molar-refractivity contribution in [3.05, 3.63) is 33.8 Å². The van der Waals surface area contributed by atoms with Gasteiger partial charge in [-0.15, -0.1) is 0 Å². The van der Waals surface area contributed by atoms with Gasteiger partial charge in [-0.1, -0.05) is 35.3 Å². The molecule has 1 aromatic rings. The van der Waals surface area contributed by atoms with Crippen molar-refractivity contribution in [3.63, 3.8) is 0 Å². The second-order valence-corrected chi connectivity index (χ2v) is 5.09. The van der Waals surface area contributed by atoms with Crippen LogP contribution < -0.4 is 0 Å². The standard InChI is InChI=1S/C13H14Cl2O/c14-11-5-1-3-10(13(11)15)4-2-6-12(16)9-7-8-9/h1,3,5,9H,2,4,6-8H2. The SMILES string of the molecule is O=C(CCCc1cccc(Cl)c1Cl)C1CC1. The first-order chi connectivity index (χ1) is 7.68. The van der Waals surface area contributed by atoms with Gasteiger partial charge in [0.2, 0.25) is 0 Å². The number of rotatable bonds is 5. The molecule has 1 aliphatic rings. The number of hydrogen-bond donors (Lipinski definition) is 0. The number of benzene rings is 1. The fourth-order valence-corrected chi connectivity index (χ4v) is 2.22. The van der Waals surface area contributed by atoms with E-state index in [1.165, 1.54) is 0 Å². The molecule has 1 aromatic carbocycles. The molecule has 0 radical (unpaired) electrons. The minimum Gasteiger partial charge on any atom is -0.299 e. The molecule has 1 saturated carbocycles. The Morgan fingerprint density at radius 1 is 1.31 bits per heavy atom. The van der Waals surface area contributed by atoms with Crippen LogP contribution in [-0.4, -0.2) is 5.78 Å². The first kappa shape index (κ1) is 11.9. The Balaban J connectivity index is 1.84. The molecule has 0 amide bonds. The van der Waals surface area contributed by atoms with Gasteiger partial charge in [0.15, 0.2) is 0 Å². The van der Waals surface area contributed by atoms with E-state index < -0.39 is 0 Å². The maximum absolute atomic E-state index is 11.5. The molecule has 0 heterocycles. The van der Waals surface area contributed by atoms with Crippen LogP contribution in [0, 0.1) is 5.92 Å². The fourth-order valence-electron chi connectivity index (χ4n) is 1.80. The van der Waals surface area contributed by atoms with Gasteiger partial charge in [0.1, 0.15) is 5.78 Å². The molecule has 0 spiro atoms. The van der Waals surface area contributed by atoms with Crippen molar-refractivity contribution in [3.8, 4) is 0 Å². The summed E-state index contributed by atoms with van der Waals surface area (Å²) in [5.74, 6) is 0.785. The third-order valence-electron chi connectivity index (χ3n) is 2.93. The lowest BCUT2D eigenvalue weighted by atomic mass is 10.0. The normalized spacial score (nSPS) is 15.1. The highest BCUT2D eigenvalue weighted by Crippen LogP contribution is 2.32. The molecule has 2 rings (SSSR count). The van der Waals surface area contributed by atoms with E-state index in [0.29, 0.717) is 28.2 Å². The molecule has 0 saturated heterocycles.